The van der Waals surface area contributed by atoms with E-state index < -0.39 is 0 Å². The second-order valence-corrected chi connectivity index (χ2v) is 3.72. The van der Waals surface area contributed by atoms with Gasteiger partial charge < -0.3 is 0 Å². The number of hydrogen-bond acceptors (Lipinski definition) is 0. The van der Waals surface area contributed by atoms with Gasteiger partial charge in [0, 0.05) is 0 Å². The molecule has 0 aliphatic rings. The SMILES string of the molecule is C=C(CC)CC(CC)CCCC. The highest BCUT2D eigenvalue weighted by molar-refractivity contribution is 4.94. The summed E-state index contributed by atoms with van der Waals surface area (Å²) in [5.74, 6) is 0.900. The summed E-state index contributed by atoms with van der Waals surface area (Å²) in [6.07, 6.45) is 7.84. The average molecular weight is 168 g/mol. The molecule has 1 atom stereocenters. The van der Waals surface area contributed by atoms with Crippen LogP contribution < -0.4 is 0 Å². The molecule has 0 aromatic carbocycles. The van der Waals surface area contributed by atoms with Gasteiger partial charge in [-0.05, 0) is 18.8 Å². The Labute approximate surface area is 78.1 Å². The zero-order chi connectivity index (χ0) is 9.40. The lowest BCUT2D eigenvalue weighted by Crippen LogP contribution is -1.99. The lowest BCUT2D eigenvalue weighted by molar-refractivity contribution is 0.445. The molecule has 0 N–H and O–H groups in total. The molecule has 0 aliphatic heterocycles. The van der Waals surface area contributed by atoms with Crippen molar-refractivity contribution in [1.29, 1.82) is 0 Å². The zero-order valence-electron chi connectivity index (χ0n) is 9.03. The quantitative estimate of drug-likeness (QED) is 0.489. The van der Waals surface area contributed by atoms with E-state index >= 15 is 0 Å². The summed E-state index contributed by atoms with van der Waals surface area (Å²) in [6, 6.07) is 0. The number of unbranched alkanes of at least 4 members (excludes halogenated alkanes) is 1. The van der Waals surface area contributed by atoms with E-state index in [2.05, 4.69) is 27.4 Å². The predicted molar refractivity (Wildman–Crippen MR) is 57.4 cm³/mol. The molecule has 0 radical (unpaired) electrons. The highest BCUT2D eigenvalue weighted by Crippen LogP contribution is 2.21. The molecule has 1 unspecified atom stereocenters. The Morgan fingerprint density at radius 1 is 1.25 bits per heavy atom. The van der Waals surface area contributed by atoms with Gasteiger partial charge in [0.1, 0.15) is 0 Å². The molecule has 0 amide bonds. The molecule has 0 heterocycles. The fourth-order valence-corrected chi connectivity index (χ4v) is 1.50. The van der Waals surface area contributed by atoms with Crippen molar-refractivity contribution in [3.8, 4) is 0 Å². The Balaban J connectivity index is 3.59. The number of allylic oxidation sites excluding steroid dienone is 1. The maximum atomic E-state index is 4.07. The molecule has 0 saturated carbocycles. The molecule has 72 valence electrons. The fraction of sp³-hybridized carbons (Fsp3) is 0.833. The van der Waals surface area contributed by atoms with Crippen LogP contribution in [0.2, 0.25) is 0 Å². The Morgan fingerprint density at radius 2 is 1.92 bits per heavy atom. The molecule has 0 bridgehead atoms. The third kappa shape index (κ3) is 5.40. The summed E-state index contributed by atoms with van der Waals surface area (Å²) in [4.78, 5) is 0. The maximum absolute atomic E-state index is 4.07. The van der Waals surface area contributed by atoms with Crippen LogP contribution in [-0.2, 0) is 0 Å². The average Bonchev–Trinajstić information content (AvgIpc) is 2.11. The summed E-state index contributed by atoms with van der Waals surface area (Å²) in [7, 11) is 0. The van der Waals surface area contributed by atoms with Crippen LogP contribution >= 0.6 is 0 Å². The van der Waals surface area contributed by atoms with Crippen LogP contribution in [0, 0.1) is 5.92 Å². The van der Waals surface area contributed by atoms with Gasteiger partial charge in [0.05, 0.1) is 0 Å². The van der Waals surface area contributed by atoms with Gasteiger partial charge in [0.2, 0.25) is 0 Å². The van der Waals surface area contributed by atoms with Crippen LogP contribution in [0.15, 0.2) is 12.2 Å². The van der Waals surface area contributed by atoms with Crippen LogP contribution in [0.25, 0.3) is 0 Å². The molecule has 0 heteroatoms. The Kier molecular flexibility index (Phi) is 7.23. The van der Waals surface area contributed by atoms with Crippen molar-refractivity contribution in [1.82, 2.24) is 0 Å². The van der Waals surface area contributed by atoms with E-state index in [1.165, 1.54) is 37.7 Å². The molecular formula is C12H24. The largest absolute Gasteiger partial charge is 0.0999 e. The van der Waals surface area contributed by atoms with Gasteiger partial charge in [0.15, 0.2) is 0 Å². The molecule has 12 heavy (non-hydrogen) atoms. The molecule has 0 aromatic heterocycles. The summed E-state index contributed by atoms with van der Waals surface area (Å²) >= 11 is 0. The first-order valence-electron chi connectivity index (χ1n) is 5.41. The maximum Gasteiger partial charge on any atom is -0.0295 e. The molecule has 0 aliphatic carbocycles. The first kappa shape index (κ1) is 11.7. The monoisotopic (exact) mass is 168 g/mol. The number of rotatable bonds is 7. The Hall–Kier alpha value is -0.260. The predicted octanol–water partition coefficient (Wildman–Crippen LogP) is 4.56. The van der Waals surface area contributed by atoms with Gasteiger partial charge in [-0.1, -0.05) is 58.6 Å². The molecular weight excluding hydrogens is 144 g/mol. The molecule has 0 fully saturated rings. The fourth-order valence-electron chi connectivity index (χ4n) is 1.50. The Morgan fingerprint density at radius 3 is 2.33 bits per heavy atom. The highest BCUT2D eigenvalue weighted by atomic mass is 14.1. The summed E-state index contributed by atoms with van der Waals surface area (Å²) in [5.41, 5.74) is 1.43. The van der Waals surface area contributed by atoms with Crippen molar-refractivity contribution < 1.29 is 0 Å². The minimum atomic E-state index is 0.900. The van der Waals surface area contributed by atoms with Crippen molar-refractivity contribution in [3.63, 3.8) is 0 Å². The second-order valence-electron chi connectivity index (χ2n) is 3.72. The van der Waals surface area contributed by atoms with Crippen molar-refractivity contribution >= 4 is 0 Å². The lowest BCUT2D eigenvalue weighted by atomic mass is 9.92. The molecule has 0 nitrogen and oxygen atoms in total. The first-order chi connectivity index (χ1) is 5.74. The van der Waals surface area contributed by atoms with Crippen LogP contribution in [0.1, 0.15) is 59.3 Å². The van der Waals surface area contributed by atoms with E-state index in [1.54, 1.807) is 0 Å². The van der Waals surface area contributed by atoms with Crippen LogP contribution in [0.5, 0.6) is 0 Å². The lowest BCUT2D eigenvalue weighted by Gasteiger charge is -2.14. The summed E-state index contributed by atoms with van der Waals surface area (Å²) in [5, 5.41) is 0. The standard InChI is InChI=1S/C12H24/c1-5-8-9-12(7-3)10-11(4)6-2/h12H,4-10H2,1-3H3. The van der Waals surface area contributed by atoms with Gasteiger partial charge in [0.25, 0.3) is 0 Å². The van der Waals surface area contributed by atoms with Crippen LogP contribution in [0.4, 0.5) is 0 Å². The van der Waals surface area contributed by atoms with Crippen molar-refractivity contribution in [2.75, 3.05) is 0 Å². The first-order valence-corrected chi connectivity index (χ1v) is 5.41. The molecule has 0 saturated heterocycles. The van der Waals surface area contributed by atoms with Gasteiger partial charge in [-0.3, -0.25) is 0 Å². The zero-order valence-corrected chi connectivity index (χ0v) is 9.03. The van der Waals surface area contributed by atoms with Gasteiger partial charge in [-0.25, -0.2) is 0 Å². The smallest absolute Gasteiger partial charge is 0.0295 e. The topological polar surface area (TPSA) is 0 Å². The minimum Gasteiger partial charge on any atom is -0.0999 e. The number of hydrogen-bond donors (Lipinski definition) is 0. The van der Waals surface area contributed by atoms with Crippen molar-refractivity contribution in [2.45, 2.75) is 59.3 Å². The third-order valence-electron chi connectivity index (χ3n) is 2.62. The normalized spacial score (nSPS) is 12.9. The van der Waals surface area contributed by atoms with Crippen LogP contribution in [0.3, 0.4) is 0 Å². The molecule has 0 spiro atoms. The summed E-state index contributed by atoms with van der Waals surface area (Å²) in [6.45, 7) is 10.8. The summed E-state index contributed by atoms with van der Waals surface area (Å²) < 4.78 is 0. The van der Waals surface area contributed by atoms with Gasteiger partial charge in [-0.15, -0.1) is 0 Å². The second kappa shape index (κ2) is 7.39. The minimum absolute atomic E-state index is 0.900. The van der Waals surface area contributed by atoms with Gasteiger partial charge >= 0.3 is 0 Å². The molecule has 0 rings (SSSR count). The van der Waals surface area contributed by atoms with E-state index in [0.29, 0.717) is 0 Å². The van der Waals surface area contributed by atoms with E-state index in [9.17, 15) is 0 Å². The van der Waals surface area contributed by atoms with E-state index in [0.717, 1.165) is 12.3 Å². The van der Waals surface area contributed by atoms with Crippen molar-refractivity contribution in [3.05, 3.63) is 12.2 Å². The van der Waals surface area contributed by atoms with E-state index in [1.807, 2.05) is 0 Å². The van der Waals surface area contributed by atoms with Crippen molar-refractivity contribution in [2.24, 2.45) is 5.92 Å². The van der Waals surface area contributed by atoms with E-state index in [4.69, 9.17) is 0 Å². The Bertz CT molecular complexity index is 113. The van der Waals surface area contributed by atoms with E-state index in [-0.39, 0.29) is 0 Å². The van der Waals surface area contributed by atoms with Crippen LogP contribution in [-0.4, -0.2) is 0 Å². The van der Waals surface area contributed by atoms with Gasteiger partial charge in [-0.2, -0.15) is 0 Å². The highest BCUT2D eigenvalue weighted by Gasteiger charge is 2.06. The third-order valence-corrected chi connectivity index (χ3v) is 2.62. The molecule has 0 aromatic rings.